The Bertz CT molecular complexity index is 374. The van der Waals surface area contributed by atoms with E-state index in [-0.39, 0.29) is 11.5 Å². The van der Waals surface area contributed by atoms with Crippen LogP contribution < -0.4 is 16.8 Å². The summed E-state index contributed by atoms with van der Waals surface area (Å²) >= 11 is 0. The topological polar surface area (TPSA) is 67.3 Å². The zero-order valence-corrected chi connectivity index (χ0v) is 9.17. The lowest BCUT2D eigenvalue weighted by atomic mass is 10.1. The van der Waals surface area contributed by atoms with Crippen LogP contribution in [-0.4, -0.2) is 31.1 Å². The summed E-state index contributed by atoms with van der Waals surface area (Å²) in [5.74, 6) is -0.376. The fraction of sp³-hybridized carbons (Fsp3) is 0.455. The van der Waals surface area contributed by atoms with Gasteiger partial charge in [-0.15, -0.1) is 0 Å². The van der Waals surface area contributed by atoms with Crippen molar-refractivity contribution in [3.8, 4) is 0 Å². The number of nitrogens with two attached hydrogens (primary N) is 2. The van der Waals surface area contributed by atoms with E-state index in [4.69, 9.17) is 11.5 Å². The van der Waals surface area contributed by atoms with Crippen LogP contribution in [0.4, 0.5) is 15.8 Å². The average molecular weight is 224 g/mol. The first-order valence-corrected chi connectivity index (χ1v) is 5.44. The number of anilines is 2. The number of nitrogens with zero attached hydrogens (tertiary/aromatic N) is 1. The van der Waals surface area contributed by atoms with Gasteiger partial charge in [-0.3, -0.25) is 4.90 Å². The largest absolute Gasteiger partial charge is 0.397 e. The molecule has 0 aliphatic carbocycles. The lowest BCUT2D eigenvalue weighted by molar-refractivity contribution is 0.230. The van der Waals surface area contributed by atoms with Gasteiger partial charge in [-0.05, 0) is 6.07 Å². The highest BCUT2D eigenvalue weighted by molar-refractivity contribution is 5.64. The van der Waals surface area contributed by atoms with Crippen molar-refractivity contribution in [2.45, 2.75) is 6.54 Å². The Morgan fingerprint density at radius 2 is 1.94 bits per heavy atom. The molecule has 0 aromatic heterocycles. The van der Waals surface area contributed by atoms with Gasteiger partial charge >= 0.3 is 0 Å². The van der Waals surface area contributed by atoms with Crippen LogP contribution in [0, 0.1) is 5.82 Å². The second-order valence-electron chi connectivity index (χ2n) is 4.07. The molecule has 4 nitrogen and oxygen atoms in total. The van der Waals surface area contributed by atoms with Gasteiger partial charge in [0, 0.05) is 38.3 Å². The maximum Gasteiger partial charge on any atom is 0.152 e. The number of hydrogen-bond acceptors (Lipinski definition) is 4. The van der Waals surface area contributed by atoms with E-state index in [1.807, 2.05) is 0 Å². The fourth-order valence-electron chi connectivity index (χ4n) is 1.89. The molecule has 5 N–H and O–H groups in total. The molecule has 1 fully saturated rings. The molecule has 16 heavy (non-hydrogen) atoms. The molecule has 1 aliphatic heterocycles. The number of nitrogen functional groups attached to an aromatic ring is 2. The number of hydrogen-bond donors (Lipinski definition) is 3. The van der Waals surface area contributed by atoms with Crippen molar-refractivity contribution in [1.82, 2.24) is 10.2 Å². The first-order chi connectivity index (χ1) is 7.68. The van der Waals surface area contributed by atoms with Gasteiger partial charge in [-0.2, -0.15) is 0 Å². The average Bonchev–Trinajstić information content (AvgIpc) is 2.31. The lowest BCUT2D eigenvalue weighted by Gasteiger charge is -2.27. The van der Waals surface area contributed by atoms with Crippen LogP contribution in [0.15, 0.2) is 12.1 Å². The predicted octanol–water partition coefficient (Wildman–Crippen LogP) is 0.395. The zero-order chi connectivity index (χ0) is 11.5. The highest BCUT2D eigenvalue weighted by Crippen LogP contribution is 2.23. The van der Waals surface area contributed by atoms with Crippen molar-refractivity contribution in [2.75, 3.05) is 37.6 Å². The summed E-state index contributed by atoms with van der Waals surface area (Å²) in [5, 5.41) is 3.26. The standard InChI is InChI=1S/C11H17FN4/c12-10-8(1-2-9(13)11(10)14)7-16-5-3-15-4-6-16/h1-2,15H,3-7,13-14H2. The number of rotatable bonds is 2. The Morgan fingerprint density at radius 3 is 2.62 bits per heavy atom. The Labute approximate surface area is 94.4 Å². The molecule has 1 aromatic rings. The number of piperazine rings is 1. The summed E-state index contributed by atoms with van der Waals surface area (Å²) in [6, 6.07) is 3.37. The summed E-state index contributed by atoms with van der Waals surface area (Å²) in [6.45, 7) is 4.36. The first kappa shape index (κ1) is 11.2. The molecule has 0 atom stereocenters. The van der Waals surface area contributed by atoms with Gasteiger partial charge in [0.15, 0.2) is 5.82 Å². The second kappa shape index (κ2) is 4.67. The Morgan fingerprint density at radius 1 is 1.25 bits per heavy atom. The van der Waals surface area contributed by atoms with Gasteiger partial charge in [-0.1, -0.05) is 6.07 Å². The Hall–Kier alpha value is -1.33. The van der Waals surface area contributed by atoms with Gasteiger partial charge < -0.3 is 16.8 Å². The maximum absolute atomic E-state index is 13.8. The lowest BCUT2D eigenvalue weighted by Crippen LogP contribution is -2.43. The molecule has 1 aromatic carbocycles. The molecule has 0 unspecified atom stereocenters. The van der Waals surface area contributed by atoms with E-state index in [2.05, 4.69) is 10.2 Å². The van der Waals surface area contributed by atoms with E-state index < -0.39 is 0 Å². The first-order valence-electron chi connectivity index (χ1n) is 5.44. The Kier molecular flexibility index (Phi) is 3.26. The summed E-state index contributed by atoms with van der Waals surface area (Å²) < 4.78 is 13.8. The van der Waals surface area contributed by atoms with Crippen LogP contribution >= 0.6 is 0 Å². The summed E-state index contributed by atoms with van der Waals surface area (Å²) in [4.78, 5) is 2.20. The highest BCUT2D eigenvalue weighted by Gasteiger charge is 2.14. The molecular weight excluding hydrogens is 207 g/mol. The van der Waals surface area contributed by atoms with Crippen LogP contribution in [0.2, 0.25) is 0 Å². The molecule has 1 aliphatic rings. The highest BCUT2D eigenvalue weighted by atomic mass is 19.1. The molecule has 1 heterocycles. The van der Waals surface area contributed by atoms with Gasteiger partial charge in [0.2, 0.25) is 0 Å². The SMILES string of the molecule is Nc1ccc(CN2CCNCC2)c(F)c1N. The molecule has 0 radical (unpaired) electrons. The van der Waals surface area contributed by atoms with E-state index >= 15 is 0 Å². The fourth-order valence-corrected chi connectivity index (χ4v) is 1.89. The molecular formula is C11H17FN4. The molecule has 88 valence electrons. The second-order valence-corrected chi connectivity index (χ2v) is 4.07. The molecule has 2 rings (SSSR count). The predicted molar refractivity (Wildman–Crippen MR) is 63.4 cm³/mol. The van der Waals surface area contributed by atoms with E-state index in [0.29, 0.717) is 17.8 Å². The van der Waals surface area contributed by atoms with Crippen molar-refractivity contribution in [3.63, 3.8) is 0 Å². The minimum atomic E-state index is -0.376. The van der Waals surface area contributed by atoms with Gasteiger partial charge in [-0.25, -0.2) is 4.39 Å². The third kappa shape index (κ3) is 2.25. The third-order valence-electron chi connectivity index (χ3n) is 2.90. The van der Waals surface area contributed by atoms with Crippen LogP contribution in [0.5, 0.6) is 0 Å². The number of benzene rings is 1. The van der Waals surface area contributed by atoms with Crippen LogP contribution in [0.1, 0.15) is 5.56 Å². The smallest absolute Gasteiger partial charge is 0.152 e. The van der Waals surface area contributed by atoms with Crippen molar-refractivity contribution >= 4 is 11.4 Å². The van der Waals surface area contributed by atoms with Gasteiger partial charge in [0.05, 0.1) is 11.4 Å². The quantitative estimate of drug-likeness (QED) is 0.636. The minimum Gasteiger partial charge on any atom is -0.397 e. The zero-order valence-electron chi connectivity index (χ0n) is 9.17. The molecule has 1 saturated heterocycles. The van der Waals surface area contributed by atoms with Crippen molar-refractivity contribution in [2.24, 2.45) is 0 Å². The minimum absolute atomic E-state index is 0.0626. The van der Waals surface area contributed by atoms with Gasteiger partial charge in [0.25, 0.3) is 0 Å². The normalized spacial score (nSPS) is 17.6. The molecule has 0 bridgehead atoms. The number of nitrogens with one attached hydrogen (secondary N) is 1. The van der Waals surface area contributed by atoms with Crippen molar-refractivity contribution < 1.29 is 4.39 Å². The van der Waals surface area contributed by atoms with Crippen LogP contribution in [-0.2, 0) is 6.54 Å². The van der Waals surface area contributed by atoms with E-state index in [1.165, 1.54) is 0 Å². The van der Waals surface area contributed by atoms with Crippen LogP contribution in [0.25, 0.3) is 0 Å². The summed E-state index contributed by atoms with van der Waals surface area (Å²) in [7, 11) is 0. The van der Waals surface area contributed by atoms with Crippen molar-refractivity contribution in [3.05, 3.63) is 23.5 Å². The van der Waals surface area contributed by atoms with Crippen LogP contribution in [0.3, 0.4) is 0 Å². The van der Waals surface area contributed by atoms with Crippen molar-refractivity contribution in [1.29, 1.82) is 0 Å². The monoisotopic (exact) mass is 224 g/mol. The summed E-state index contributed by atoms with van der Waals surface area (Å²) in [6.07, 6.45) is 0. The molecule has 5 heteroatoms. The summed E-state index contributed by atoms with van der Waals surface area (Å²) in [5.41, 5.74) is 12.1. The van der Waals surface area contributed by atoms with E-state index in [9.17, 15) is 4.39 Å². The third-order valence-corrected chi connectivity index (χ3v) is 2.90. The van der Waals surface area contributed by atoms with E-state index in [1.54, 1.807) is 12.1 Å². The Balaban J connectivity index is 2.11. The maximum atomic E-state index is 13.8. The number of halogens is 1. The molecule has 0 saturated carbocycles. The van der Waals surface area contributed by atoms with Gasteiger partial charge in [0.1, 0.15) is 0 Å². The van der Waals surface area contributed by atoms with E-state index in [0.717, 1.165) is 26.2 Å². The molecule has 0 amide bonds. The molecule has 0 spiro atoms.